The van der Waals surface area contributed by atoms with Crippen molar-refractivity contribution < 1.29 is 15.1 Å². The summed E-state index contributed by atoms with van der Waals surface area (Å²) in [5, 5.41) is 28.5. The van der Waals surface area contributed by atoms with E-state index >= 15 is 0 Å². The number of thioether (sulfide) groups is 1. The van der Waals surface area contributed by atoms with E-state index in [1.54, 1.807) is 24.3 Å². The first-order chi connectivity index (χ1) is 10.8. The van der Waals surface area contributed by atoms with E-state index in [0.29, 0.717) is 14.9 Å². The number of nitrogens with zero attached hydrogens (tertiary/aromatic N) is 3. The number of hydroxylamine groups is 2. The van der Waals surface area contributed by atoms with Crippen LogP contribution in [0.15, 0.2) is 29.4 Å². The maximum absolute atomic E-state index is 11.8. The first-order valence-electron chi connectivity index (χ1n) is 6.82. The molecular weight excluding hydrogens is 336 g/mol. The molecule has 9 heteroatoms. The van der Waals surface area contributed by atoms with Crippen LogP contribution < -0.4 is 5.32 Å². The largest absolute Gasteiger partial charge is 0.507 e. The van der Waals surface area contributed by atoms with Gasteiger partial charge in [-0.1, -0.05) is 36.1 Å². The zero-order chi connectivity index (χ0) is 17.2. The van der Waals surface area contributed by atoms with Crippen LogP contribution in [0.4, 0.5) is 4.79 Å². The van der Waals surface area contributed by atoms with Crippen LogP contribution in [0.1, 0.15) is 19.4 Å². The zero-order valence-electron chi connectivity index (χ0n) is 12.9. The van der Waals surface area contributed by atoms with Gasteiger partial charge in [0.2, 0.25) is 0 Å². The Kier molecular flexibility index (Phi) is 5.12. The normalized spacial score (nSPS) is 20.1. The molecular formula is C14H18N4O3S2. The number of hydrogen-bond donors (Lipinski definition) is 3. The van der Waals surface area contributed by atoms with Crippen molar-refractivity contribution in [2.45, 2.75) is 24.8 Å². The topological polar surface area (TPSA) is 88.4 Å². The zero-order valence-corrected chi connectivity index (χ0v) is 14.6. The second kappa shape index (κ2) is 6.73. The predicted molar refractivity (Wildman–Crippen MR) is 93.7 cm³/mol. The minimum absolute atomic E-state index is 0.0805. The summed E-state index contributed by atoms with van der Waals surface area (Å²) in [6, 6.07) is 6.05. The number of aromatic hydroxyl groups is 1. The standard InChI is InChI=1S/C14H18N4O3S2/c1-14(2)11(18(21)12(20)15-3)17(13(22)23-14)16-8-9-6-4-5-7-10(9)19/h4-8,11,19,21H,1-3H3,(H,15,20)/b16-8+/t11-/m1/s1. The van der Waals surface area contributed by atoms with Crippen LogP contribution in [0.25, 0.3) is 0 Å². The van der Waals surface area contributed by atoms with Gasteiger partial charge in [0.25, 0.3) is 0 Å². The highest BCUT2D eigenvalue weighted by Gasteiger charge is 2.49. The lowest BCUT2D eigenvalue weighted by Gasteiger charge is -2.33. The van der Waals surface area contributed by atoms with Gasteiger partial charge in [0.15, 0.2) is 10.5 Å². The van der Waals surface area contributed by atoms with Gasteiger partial charge in [-0.15, -0.1) is 0 Å². The maximum atomic E-state index is 11.8. The van der Waals surface area contributed by atoms with Crippen molar-refractivity contribution in [3.05, 3.63) is 29.8 Å². The van der Waals surface area contributed by atoms with E-state index in [4.69, 9.17) is 12.2 Å². The van der Waals surface area contributed by atoms with E-state index < -0.39 is 16.9 Å². The molecule has 0 aromatic heterocycles. The minimum atomic E-state index is -0.776. The quantitative estimate of drug-likeness (QED) is 0.334. The third-order valence-corrected chi connectivity index (χ3v) is 4.84. The Morgan fingerprint density at radius 2 is 2.17 bits per heavy atom. The highest BCUT2D eigenvalue weighted by molar-refractivity contribution is 8.24. The number of urea groups is 1. The maximum Gasteiger partial charge on any atom is 0.343 e. The molecule has 0 saturated carbocycles. The number of benzene rings is 1. The lowest BCUT2D eigenvalue weighted by atomic mass is 10.1. The first-order valence-corrected chi connectivity index (χ1v) is 8.04. The van der Waals surface area contributed by atoms with Crippen molar-refractivity contribution in [2.24, 2.45) is 5.10 Å². The van der Waals surface area contributed by atoms with Gasteiger partial charge in [-0.2, -0.15) is 10.2 Å². The molecule has 1 fully saturated rings. The minimum Gasteiger partial charge on any atom is -0.507 e. The molecule has 2 amide bonds. The van der Waals surface area contributed by atoms with Crippen LogP contribution in [0, 0.1) is 0 Å². The lowest BCUT2D eigenvalue weighted by Crippen LogP contribution is -2.55. The summed E-state index contributed by atoms with van der Waals surface area (Å²) in [6.07, 6.45) is 0.663. The van der Waals surface area contributed by atoms with Crippen molar-refractivity contribution in [3.8, 4) is 5.75 Å². The molecule has 23 heavy (non-hydrogen) atoms. The van der Waals surface area contributed by atoms with Crippen LogP contribution in [0.2, 0.25) is 0 Å². The van der Waals surface area contributed by atoms with Crippen LogP contribution >= 0.6 is 24.0 Å². The SMILES string of the molecule is CNC(=O)N(O)[C@H]1N(/N=C/c2ccccc2O)C(=S)SC1(C)C. The van der Waals surface area contributed by atoms with Crippen molar-refractivity contribution in [2.75, 3.05) is 7.05 Å². The molecule has 0 unspecified atom stereocenters. The number of hydrazone groups is 1. The number of phenols is 1. The van der Waals surface area contributed by atoms with Gasteiger partial charge in [-0.05, 0) is 26.0 Å². The molecule has 1 saturated heterocycles. The van der Waals surface area contributed by atoms with Gasteiger partial charge in [0.1, 0.15) is 5.75 Å². The number of para-hydroxylation sites is 1. The van der Waals surface area contributed by atoms with E-state index in [1.807, 2.05) is 13.8 Å². The van der Waals surface area contributed by atoms with Gasteiger partial charge in [-0.25, -0.2) is 9.80 Å². The van der Waals surface area contributed by atoms with Gasteiger partial charge in [-0.3, -0.25) is 5.21 Å². The molecule has 1 heterocycles. The summed E-state index contributed by atoms with van der Waals surface area (Å²) in [5.41, 5.74) is 0.508. The van der Waals surface area contributed by atoms with E-state index in [1.165, 1.54) is 30.0 Å². The molecule has 1 aromatic carbocycles. The third-order valence-electron chi connectivity index (χ3n) is 3.30. The second-order valence-corrected chi connectivity index (χ2v) is 7.68. The highest BCUT2D eigenvalue weighted by Crippen LogP contribution is 2.42. The Balaban J connectivity index is 2.32. The van der Waals surface area contributed by atoms with Gasteiger partial charge >= 0.3 is 6.03 Å². The molecule has 1 aromatic rings. The third kappa shape index (κ3) is 3.57. The van der Waals surface area contributed by atoms with Gasteiger partial charge in [0, 0.05) is 12.6 Å². The number of hydrogen-bond acceptors (Lipinski definition) is 6. The summed E-state index contributed by atoms with van der Waals surface area (Å²) in [7, 11) is 1.43. The number of carbonyl (C=O) groups is 1. The molecule has 7 nitrogen and oxygen atoms in total. The molecule has 0 bridgehead atoms. The Morgan fingerprint density at radius 3 is 2.78 bits per heavy atom. The number of carbonyl (C=O) groups excluding carboxylic acids is 1. The fraction of sp³-hybridized carbons (Fsp3) is 0.357. The fourth-order valence-corrected chi connectivity index (χ4v) is 3.96. The number of amides is 2. The number of thiocarbonyl (C=S) groups is 1. The average molecular weight is 354 g/mol. The molecule has 0 radical (unpaired) electrons. The van der Waals surface area contributed by atoms with E-state index in [9.17, 15) is 15.1 Å². The number of phenolic OH excluding ortho intramolecular Hbond substituents is 1. The summed E-state index contributed by atoms with van der Waals surface area (Å²) < 4.78 is -0.136. The van der Waals surface area contributed by atoms with Crippen molar-refractivity contribution in [1.82, 2.24) is 15.4 Å². The fourth-order valence-electron chi connectivity index (χ4n) is 2.17. The molecule has 1 aliphatic heterocycles. The summed E-state index contributed by atoms with van der Waals surface area (Å²) in [6.45, 7) is 3.71. The van der Waals surface area contributed by atoms with E-state index in [2.05, 4.69) is 10.4 Å². The Bertz CT molecular complexity index is 651. The smallest absolute Gasteiger partial charge is 0.343 e. The Labute approximate surface area is 143 Å². The van der Waals surface area contributed by atoms with Crippen molar-refractivity contribution >= 4 is 40.5 Å². The first kappa shape index (κ1) is 17.5. The van der Waals surface area contributed by atoms with Gasteiger partial charge < -0.3 is 10.4 Å². The van der Waals surface area contributed by atoms with Crippen LogP contribution in [0.5, 0.6) is 5.75 Å². The summed E-state index contributed by atoms with van der Waals surface area (Å²) in [5.74, 6) is 0.0805. The Hall–Kier alpha value is -1.84. The molecule has 3 N–H and O–H groups in total. The summed E-state index contributed by atoms with van der Waals surface area (Å²) >= 11 is 6.63. The molecule has 124 valence electrons. The highest BCUT2D eigenvalue weighted by atomic mass is 32.2. The molecule has 1 atom stereocenters. The Morgan fingerprint density at radius 1 is 1.52 bits per heavy atom. The van der Waals surface area contributed by atoms with Gasteiger partial charge in [0.05, 0.1) is 11.0 Å². The monoisotopic (exact) mass is 354 g/mol. The van der Waals surface area contributed by atoms with Crippen molar-refractivity contribution in [1.29, 1.82) is 0 Å². The average Bonchev–Trinajstić information content (AvgIpc) is 2.73. The van der Waals surface area contributed by atoms with Crippen molar-refractivity contribution in [3.63, 3.8) is 0 Å². The predicted octanol–water partition coefficient (Wildman–Crippen LogP) is 2.20. The van der Waals surface area contributed by atoms with Crippen LogP contribution in [-0.2, 0) is 0 Å². The van der Waals surface area contributed by atoms with E-state index in [0.717, 1.165) is 0 Å². The molecule has 0 aliphatic carbocycles. The van der Waals surface area contributed by atoms with E-state index in [-0.39, 0.29) is 5.75 Å². The lowest BCUT2D eigenvalue weighted by molar-refractivity contribution is -0.117. The number of nitrogens with one attached hydrogen (secondary N) is 1. The summed E-state index contributed by atoms with van der Waals surface area (Å²) in [4.78, 5) is 11.8. The molecule has 1 aliphatic rings. The van der Waals surface area contributed by atoms with Crippen LogP contribution in [0.3, 0.4) is 0 Å². The van der Waals surface area contributed by atoms with Crippen LogP contribution in [-0.4, -0.2) is 54.9 Å². The second-order valence-electron chi connectivity index (χ2n) is 5.39. The molecule has 0 spiro atoms. The molecule has 2 rings (SSSR count). The number of rotatable bonds is 3.